The summed E-state index contributed by atoms with van der Waals surface area (Å²) < 4.78 is 27.1. The number of carbonyl (C=O) groups is 1. The van der Waals surface area contributed by atoms with Gasteiger partial charge in [-0.05, 0) is 47.6 Å². The zero-order valence-electron chi connectivity index (χ0n) is 15.8. The van der Waals surface area contributed by atoms with Gasteiger partial charge in [0, 0.05) is 11.1 Å². The Balaban J connectivity index is 1.56. The van der Waals surface area contributed by atoms with Crippen LogP contribution in [0.2, 0.25) is 0 Å². The molecule has 4 rings (SSSR count). The minimum atomic E-state index is -3.73. The van der Waals surface area contributed by atoms with Gasteiger partial charge >= 0.3 is 0 Å². The Hall–Kier alpha value is -2.86. The van der Waals surface area contributed by atoms with Crippen molar-refractivity contribution in [2.45, 2.75) is 31.1 Å². The number of hydrogen-bond donors (Lipinski definition) is 1. The van der Waals surface area contributed by atoms with Gasteiger partial charge in [-0.15, -0.1) is 0 Å². The third-order valence-corrected chi connectivity index (χ3v) is 7.15. The topological polar surface area (TPSA) is 66.5 Å². The highest BCUT2D eigenvalue weighted by molar-refractivity contribution is 7.93. The average Bonchev–Trinajstić information content (AvgIpc) is 2.91. The number of nitrogens with one attached hydrogen (secondary N) is 1. The number of rotatable bonds is 5. The van der Waals surface area contributed by atoms with Gasteiger partial charge in [-0.2, -0.15) is 0 Å². The van der Waals surface area contributed by atoms with E-state index in [0.717, 1.165) is 11.8 Å². The highest BCUT2D eigenvalue weighted by atomic mass is 32.2. The molecule has 144 valence electrons. The van der Waals surface area contributed by atoms with Gasteiger partial charge < -0.3 is 5.32 Å². The number of hydrogen-bond acceptors (Lipinski definition) is 3. The molecule has 6 heteroatoms. The maximum Gasteiger partial charge on any atom is 0.265 e. The lowest BCUT2D eigenvalue weighted by atomic mass is 9.99. The van der Waals surface area contributed by atoms with Crippen molar-refractivity contribution < 1.29 is 13.2 Å². The van der Waals surface area contributed by atoms with Gasteiger partial charge in [-0.25, -0.2) is 8.42 Å². The van der Waals surface area contributed by atoms with Crippen LogP contribution < -0.4 is 9.62 Å². The van der Waals surface area contributed by atoms with Crippen molar-refractivity contribution in [3.05, 3.63) is 66.2 Å². The summed E-state index contributed by atoms with van der Waals surface area (Å²) in [6.45, 7) is 4.03. The second-order valence-electron chi connectivity index (χ2n) is 7.12. The van der Waals surface area contributed by atoms with Crippen molar-refractivity contribution in [3.8, 4) is 0 Å². The Morgan fingerprint density at radius 2 is 1.71 bits per heavy atom. The van der Waals surface area contributed by atoms with E-state index in [0.29, 0.717) is 22.7 Å². The summed E-state index contributed by atoms with van der Waals surface area (Å²) in [6, 6.07) is 18.3. The summed E-state index contributed by atoms with van der Waals surface area (Å²) in [6.07, 6.45) is 1.05. The lowest BCUT2D eigenvalue weighted by Gasteiger charge is -2.18. The maximum atomic E-state index is 13.0. The molecule has 28 heavy (non-hydrogen) atoms. The van der Waals surface area contributed by atoms with E-state index < -0.39 is 10.0 Å². The molecule has 3 aromatic rings. The van der Waals surface area contributed by atoms with E-state index in [1.54, 1.807) is 24.3 Å². The Bertz CT molecular complexity index is 1150. The SMILES string of the molecule is CCC(C)c1ccc(NC(=O)CN2c3cccc4cccc(c34)S2(=O)=O)cc1. The summed E-state index contributed by atoms with van der Waals surface area (Å²) in [5, 5.41) is 4.33. The van der Waals surface area contributed by atoms with Crippen molar-refractivity contribution in [1.82, 2.24) is 0 Å². The summed E-state index contributed by atoms with van der Waals surface area (Å²) in [5.41, 5.74) is 2.42. The predicted molar refractivity (Wildman–Crippen MR) is 112 cm³/mol. The van der Waals surface area contributed by atoms with Crippen molar-refractivity contribution in [3.63, 3.8) is 0 Å². The Morgan fingerprint density at radius 1 is 1.04 bits per heavy atom. The number of carbonyl (C=O) groups excluding carboxylic acids is 1. The van der Waals surface area contributed by atoms with Gasteiger partial charge in [0.05, 0.1) is 10.6 Å². The fourth-order valence-electron chi connectivity index (χ4n) is 3.59. The zero-order chi connectivity index (χ0) is 19.9. The summed E-state index contributed by atoms with van der Waals surface area (Å²) in [5.74, 6) is 0.0863. The van der Waals surface area contributed by atoms with Crippen molar-refractivity contribution in [2.75, 3.05) is 16.2 Å². The maximum absolute atomic E-state index is 13.0. The molecule has 0 radical (unpaired) electrons. The molecule has 0 aromatic heterocycles. The molecule has 0 aliphatic carbocycles. The number of amides is 1. The second kappa shape index (κ2) is 6.95. The molecule has 1 heterocycles. The van der Waals surface area contributed by atoms with E-state index >= 15 is 0 Å². The summed E-state index contributed by atoms with van der Waals surface area (Å²) >= 11 is 0. The van der Waals surface area contributed by atoms with Crippen LogP contribution in [-0.2, 0) is 14.8 Å². The largest absolute Gasteiger partial charge is 0.325 e. The van der Waals surface area contributed by atoms with E-state index in [4.69, 9.17) is 0 Å². The average molecular weight is 394 g/mol. The van der Waals surface area contributed by atoms with Crippen LogP contribution in [0, 0.1) is 0 Å². The number of benzene rings is 3. The van der Waals surface area contributed by atoms with Crippen LogP contribution in [0.5, 0.6) is 0 Å². The fourth-order valence-corrected chi connectivity index (χ4v) is 5.26. The minimum absolute atomic E-state index is 0.256. The first-order valence-corrected chi connectivity index (χ1v) is 10.8. The van der Waals surface area contributed by atoms with Crippen LogP contribution in [0.25, 0.3) is 10.8 Å². The van der Waals surface area contributed by atoms with Crippen LogP contribution in [0.15, 0.2) is 65.6 Å². The standard InChI is InChI=1S/C22H22N2O3S/c1-3-15(2)16-10-12-18(13-11-16)23-21(25)14-24-19-8-4-6-17-7-5-9-20(22(17)19)28(24,26)27/h4-13,15H,3,14H2,1-2H3,(H,23,25). The highest BCUT2D eigenvalue weighted by Crippen LogP contribution is 2.41. The van der Waals surface area contributed by atoms with Crippen LogP contribution in [-0.4, -0.2) is 20.9 Å². The molecule has 1 atom stereocenters. The van der Waals surface area contributed by atoms with Gasteiger partial charge in [-0.1, -0.05) is 50.2 Å². The van der Waals surface area contributed by atoms with Gasteiger partial charge in [0.2, 0.25) is 5.91 Å². The molecule has 0 saturated heterocycles. The first-order chi connectivity index (χ1) is 13.4. The molecule has 0 saturated carbocycles. The Kier molecular flexibility index (Phi) is 4.59. The van der Waals surface area contributed by atoms with Gasteiger partial charge in [0.15, 0.2) is 0 Å². The van der Waals surface area contributed by atoms with Gasteiger partial charge in [0.25, 0.3) is 10.0 Å². The molecular weight excluding hydrogens is 372 g/mol. The lowest BCUT2D eigenvalue weighted by Crippen LogP contribution is -2.35. The van der Waals surface area contributed by atoms with Crippen LogP contribution >= 0.6 is 0 Å². The molecule has 3 aromatic carbocycles. The van der Waals surface area contributed by atoms with Gasteiger partial charge in [0.1, 0.15) is 6.54 Å². The van der Waals surface area contributed by atoms with Crippen molar-refractivity contribution in [1.29, 1.82) is 0 Å². The van der Waals surface area contributed by atoms with Crippen molar-refractivity contribution >= 4 is 38.1 Å². The van der Waals surface area contributed by atoms with E-state index in [2.05, 4.69) is 19.2 Å². The quantitative estimate of drug-likeness (QED) is 0.693. The minimum Gasteiger partial charge on any atom is -0.325 e. The molecule has 1 aliphatic rings. The smallest absolute Gasteiger partial charge is 0.265 e. The molecule has 1 aliphatic heterocycles. The highest BCUT2D eigenvalue weighted by Gasteiger charge is 2.36. The monoisotopic (exact) mass is 394 g/mol. The number of nitrogens with zero attached hydrogens (tertiary/aromatic N) is 1. The summed E-state index contributed by atoms with van der Waals surface area (Å²) in [4.78, 5) is 12.8. The molecule has 5 nitrogen and oxygen atoms in total. The van der Waals surface area contributed by atoms with E-state index in [9.17, 15) is 13.2 Å². The first-order valence-electron chi connectivity index (χ1n) is 9.36. The lowest BCUT2D eigenvalue weighted by molar-refractivity contribution is -0.114. The molecule has 0 spiro atoms. The Morgan fingerprint density at radius 3 is 2.39 bits per heavy atom. The van der Waals surface area contributed by atoms with Gasteiger partial charge in [-0.3, -0.25) is 9.10 Å². The van der Waals surface area contributed by atoms with Crippen LogP contribution in [0.3, 0.4) is 0 Å². The van der Waals surface area contributed by atoms with E-state index in [1.807, 2.05) is 36.4 Å². The number of sulfonamides is 1. The Labute approximate surface area is 165 Å². The van der Waals surface area contributed by atoms with Crippen molar-refractivity contribution in [2.24, 2.45) is 0 Å². The molecule has 1 N–H and O–H groups in total. The molecule has 0 fully saturated rings. The predicted octanol–water partition coefficient (Wildman–Crippen LogP) is 4.50. The number of anilines is 2. The van der Waals surface area contributed by atoms with E-state index in [-0.39, 0.29) is 17.3 Å². The third kappa shape index (κ3) is 3.03. The molecule has 1 amide bonds. The van der Waals surface area contributed by atoms with Crippen LogP contribution in [0.4, 0.5) is 11.4 Å². The molecular formula is C22H22N2O3S. The normalized spacial score (nSPS) is 15.6. The second-order valence-corrected chi connectivity index (χ2v) is 8.95. The fraction of sp³-hybridized carbons (Fsp3) is 0.227. The van der Waals surface area contributed by atoms with Crippen LogP contribution in [0.1, 0.15) is 31.7 Å². The molecule has 0 bridgehead atoms. The zero-order valence-corrected chi connectivity index (χ0v) is 16.7. The summed E-state index contributed by atoms with van der Waals surface area (Å²) in [7, 11) is -3.73. The third-order valence-electron chi connectivity index (χ3n) is 5.34. The molecule has 1 unspecified atom stereocenters. The van der Waals surface area contributed by atoms with E-state index in [1.165, 1.54) is 9.87 Å². The first kappa shape index (κ1) is 18.5.